The number of aliphatic imine (C=N–C) groups is 1. The maximum absolute atomic E-state index is 13.0. The fourth-order valence-electron chi connectivity index (χ4n) is 2.93. The average Bonchev–Trinajstić information content (AvgIpc) is 2.69. The van der Waals surface area contributed by atoms with E-state index < -0.39 is 17.8 Å². The normalized spacial score (nSPS) is 17.5. The fourth-order valence-corrected chi connectivity index (χ4v) is 2.93. The third-order valence-electron chi connectivity index (χ3n) is 4.48. The Hall–Kier alpha value is -1.56. The van der Waals surface area contributed by atoms with Crippen molar-refractivity contribution in [2.24, 2.45) is 10.9 Å². The number of hydrogen-bond donors (Lipinski definition) is 2. The number of ether oxygens (including phenoxy) is 1. The van der Waals surface area contributed by atoms with Crippen LogP contribution in [-0.4, -0.2) is 56.1 Å². The van der Waals surface area contributed by atoms with Crippen LogP contribution >= 0.6 is 24.0 Å². The molecule has 2 rings (SSSR count). The van der Waals surface area contributed by atoms with Gasteiger partial charge in [0, 0.05) is 25.6 Å². The molecule has 0 aliphatic carbocycles. The number of carbonyl (C=O) groups is 1. The van der Waals surface area contributed by atoms with Crippen LogP contribution in [0.5, 0.6) is 0 Å². The molecule has 1 fully saturated rings. The van der Waals surface area contributed by atoms with Crippen molar-refractivity contribution in [3.8, 4) is 0 Å². The molecule has 0 aromatic heterocycles. The summed E-state index contributed by atoms with van der Waals surface area (Å²) in [4.78, 5) is 18.1. The zero-order valence-corrected chi connectivity index (χ0v) is 19.8. The minimum Gasteiger partial charge on any atom is -0.370 e. The number of rotatable bonds is 6. The summed E-state index contributed by atoms with van der Waals surface area (Å²) in [5.74, 6) is 0.549. The van der Waals surface area contributed by atoms with Gasteiger partial charge in [0.2, 0.25) is 5.91 Å². The van der Waals surface area contributed by atoms with Gasteiger partial charge in [-0.15, -0.1) is 24.0 Å². The minimum absolute atomic E-state index is 0. The van der Waals surface area contributed by atoms with Crippen LogP contribution in [0, 0.1) is 5.92 Å². The number of morpholine rings is 1. The second-order valence-electron chi connectivity index (χ2n) is 7.11. The van der Waals surface area contributed by atoms with Gasteiger partial charge in [-0.3, -0.25) is 9.79 Å². The molecule has 1 aromatic rings. The summed E-state index contributed by atoms with van der Waals surface area (Å²) in [6.07, 6.45) is -4.86. The SMILES string of the molecule is CCNC(=NCCNC(=O)C(C)C)N1CCOC(c2cccc(C(F)(F)F)c2)C1.I. The van der Waals surface area contributed by atoms with Crippen molar-refractivity contribution in [1.82, 2.24) is 15.5 Å². The molecule has 30 heavy (non-hydrogen) atoms. The number of amides is 1. The molecule has 0 saturated carbocycles. The molecule has 1 aliphatic rings. The van der Waals surface area contributed by atoms with Crippen LogP contribution in [0.2, 0.25) is 0 Å². The molecule has 10 heteroatoms. The first-order valence-electron chi connectivity index (χ1n) is 9.82. The second-order valence-corrected chi connectivity index (χ2v) is 7.11. The van der Waals surface area contributed by atoms with Gasteiger partial charge in [-0.05, 0) is 24.6 Å². The monoisotopic (exact) mass is 542 g/mol. The van der Waals surface area contributed by atoms with Gasteiger partial charge in [-0.1, -0.05) is 26.0 Å². The Morgan fingerprint density at radius 1 is 1.33 bits per heavy atom. The van der Waals surface area contributed by atoms with E-state index in [4.69, 9.17) is 4.74 Å². The number of nitrogens with one attached hydrogen (secondary N) is 2. The van der Waals surface area contributed by atoms with Crippen molar-refractivity contribution in [1.29, 1.82) is 0 Å². The van der Waals surface area contributed by atoms with Gasteiger partial charge in [0.1, 0.15) is 6.10 Å². The van der Waals surface area contributed by atoms with Gasteiger partial charge in [0.25, 0.3) is 0 Å². The Labute approximate surface area is 192 Å². The number of hydrogen-bond acceptors (Lipinski definition) is 3. The highest BCUT2D eigenvalue weighted by atomic mass is 127. The highest BCUT2D eigenvalue weighted by Gasteiger charge is 2.32. The minimum atomic E-state index is -4.39. The lowest BCUT2D eigenvalue weighted by Crippen LogP contribution is -2.48. The zero-order valence-electron chi connectivity index (χ0n) is 17.5. The van der Waals surface area contributed by atoms with Crippen LogP contribution in [0.25, 0.3) is 0 Å². The predicted molar refractivity (Wildman–Crippen MR) is 121 cm³/mol. The van der Waals surface area contributed by atoms with Gasteiger partial charge in [-0.2, -0.15) is 13.2 Å². The molecule has 1 atom stereocenters. The Balaban J connectivity index is 0.00000450. The van der Waals surface area contributed by atoms with E-state index in [1.807, 2.05) is 25.7 Å². The van der Waals surface area contributed by atoms with Crippen molar-refractivity contribution < 1.29 is 22.7 Å². The first-order valence-corrected chi connectivity index (χ1v) is 9.82. The third kappa shape index (κ3) is 7.93. The molecule has 1 aromatic carbocycles. The fraction of sp³-hybridized carbons (Fsp3) is 0.600. The van der Waals surface area contributed by atoms with Crippen LogP contribution in [0.4, 0.5) is 13.2 Å². The van der Waals surface area contributed by atoms with E-state index in [1.165, 1.54) is 6.07 Å². The van der Waals surface area contributed by atoms with Crippen molar-refractivity contribution in [3.05, 3.63) is 35.4 Å². The van der Waals surface area contributed by atoms with Crippen LogP contribution in [-0.2, 0) is 15.7 Å². The molecule has 1 unspecified atom stereocenters. The van der Waals surface area contributed by atoms with Crippen molar-refractivity contribution in [2.45, 2.75) is 33.1 Å². The maximum Gasteiger partial charge on any atom is 0.416 e. The Bertz CT molecular complexity index is 714. The van der Waals surface area contributed by atoms with E-state index >= 15 is 0 Å². The lowest BCUT2D eigenvalue weighted by atomic mass is 10.0. The molecular weight excluding hydrogens is 512 g/mol. The highest BCUT2D eigenvalue weighted by Crippen LogP contribution is 2.32. The summed E-state index contributed by atoms with van der Waals surface area (Å²) in [5.41, 5.74) is -0.193. The van der Waals surface area contributed by atoms with Crippen molar-refractivity contribution >= 4 is 35.8 Å². The van der Waals surface area contributed by atoms with E-state index in [-0.39, 0.29) is 35.8 Å². The van der Waals surface area contributed by atoms with E-state index in [0.717, 1.165) is 12.1 Å². The summed E-state index contributed by atoms with van der Waals surface area (Å²) in [5, 5.41) is 6.01. The third-order valence-corrected chi connectivity index (χ3v) is 4.48. The Kier molecular flexibility index (Phi) is 10.9. The number of halogens is 4. The number of nitrogens with zero attached hydrogens (tertiary/aromatic N) is 2. The maximum atomic E-state index is 13.0. The molecule has 0 spiro atoms. The molecule has 2 N–H and O–H groups in total. The summed E-state index contributed by atoms with van der Waals surface area (Å²) in [6, 6.07) is 5.24. The number of alkyl halides is 3. The van der Waals surface area contributed by atoms with Crippen LogP contribution in [0.1, 0.15) is 38.0 Å². The highest BCUT2D eigenvalue weighted by molar-refractivity contribution is 14.0. The van der Waals surface area contributed by atoms with Crippen LogP contribution < -0.4 is 10.6 Å². The topological polar surface area (TPSA) is 66.0 Å². The molecule has 170 valence electrons. The summed E-state index contributed by atoms with van der Waals surface area (Å²) >= 11 is 0. The van der Waals surface area contributed by atoms with Crippen molar-refractivity contribution in [3.63, 3.8) is 0 Å². The van der Waals surface area contributed by atoms with Crippen molar-refractivity contribution in [2.75, 3.05) is 39.3 Å². The summed E-state index contributed by atoms with van der Waals surface area (Å²) < 4.78 is 44.8. The molecular formula is C20H30F3IN4O2. The Morgan fingerprint density at radius 2 is 2.07 bits per heavy atom. The van der Waals surface area contributed by atoms with Gasteiger partial charge < -0.3 is 20.3 Å². The van der Waals surface area contributed by atoms with Gasteiger partial charge >= 0.3 is 6.18 Å². The molecule has 1 aliphatic heterocycles. The standard InChI is InChI=1S/C20H29F3N4O2.HI/c1-4-24-19(26-9-8-25-18(28)14(2)3)27-10-11-29-17(13-27)15-6-5-7-16(12-15)20(21,22)23;/h5-7,12,14,17H,4,8-11,13H2,1-3H3,(H,24,26)(H,25,28);1H. The quantitative estimate of drug-likeness (QED) is 0.250. The summed E-state index contributed by atoms with van der Waals surface area (Å²) in [7, 11) is 0. The second kappa shape index (κ2) is 12.3. The molecule has 1 heterocycles. The lowest BCUT2D eigenvalue weighted by molar-refractivity contribution is -0.137. The van der Waals surface area contributed by atoms with Gasteiger partial charge in [-0.25, -0.2) is 0 Å². The average molecular weight is 542 g/mol. The predicted octanol–water partition coefficient (Wildman–Crippen LogP) is 3.43. The lowest BCUT2D eigenvalue weighted by Gasteiger charge is -2.35. The van der Waals surface area contributed by atoms with E-state index in [9.17, 15) is 18.0 Å². The zero-order chi connectivity index (χ0) is 21.4. The molecule has 1 amide bonds. The molecule has 0 bridgehead atoms. The van der Waals surface area contributed by atoms with E-state index in [0.29, 0.717) is 50.9 Å². The number of guanidine groups is 1. The Morgan fingerprint density at radius 3 is 2.70 bits per heavy atom. The van der Waals surface area contributed by atoms with E-state index in [1.54, 1.807) is 6.07 Å². The smallest absolute Gasteiger partial charge is 0.370 e. The molecule has 0 radical (unpaired) electrons. The van der Waals surface area contributed by atoms with E-state index in [2.05, 4.69) is 15.6 Å². The first-order chi connectivity index (χ1) is 13.7. The van der Waals surface area contributed by atoms with Crippen LogP contribution in [0.15, 0.2) is 29.3 Å². The van der Waals surface area contributed by atoms with Gasteiger partial charge in [0.15, 0.2) is 5.96 Å². The molecule has 6 nitrogen and oxygen atoms in total. The van der Waals surface area contributed by atoms with Crippen LogP contribution in [0.3, 0.4) is 0 Å². The molecule has 1 saturated heterocycles. The first kappa shape index (κ1) is 26.5. The number of carbonyl (C=O) groups excluding carboxylic acids is 1. The number of benzene rings is 1. The summed E-state index contributed by atoms with van der Waals surface area (Å²) in [6.45, 7) is 8.44. The van der Waals surface area contributed by atoms with Gasteiger partial charge in [0.05, 0.1) is 25.3 Å². The largest absolute Gasteiger partial charge is 0.416 e.